The maximum Gasteiger partial charge on any atom is 0.472 e. The Morgan fingerprint density at radius 2 is 0.567 bits per heavy atom. The number of allylic oxidation sites excluding steroid dienone is 6. The van der Waals surface area contributed by atoms with Crippen molar-refractivity contribution in [1.29, 1.82) is 0 Å². The molecule has 19 heteroatoms. The Bertz CT molecular complexity index is 2050. The number of rotatable bonds is 74. The molecule has 7 unspecified atom stereocenters. The van der Waals surface area contributed by atoms with Crippen LogP contribution in [0.2, 0.25) is 0 Å². The summed E-state index contributed by atoms with van der Waals surface area (Å²) in [4.78, 5) is 72.9. The van der Waals surface area contributed by atoms with E-state index < -0.39 is 97.5 Å². The Labute approximate surface area is 591 Å². The summed E-state index contributed by atoms with van der Waals surface area (Å²) in [6.45, 7) is 4.91. The highest BCUT2D eigenvalue weighted by Crippen LogP contribution is 2.47. The first-order chi connectivity index (χ1) is 47.1. The fourth-order valence-electron chi connectivity index (χ4n) is 11.8. The summed E-state index contributed by atoms with van der Waals surface area (Å²) in [6, 6.07) is 0. The third kappa shape index (κ3) is 63.9. The van der Waals surface area contributed by atoms with Gasteiger partial charge in [-0.05, 0) is 121 Å². The highest BCUT2D eigenvalue weighted by molar-refractivity contribution is 7.47. The zero-order valence-corrected chi connectivity index (χ0v) is 63.8. The van der Waals surface area contributed by atoms with Gasteiger partial charge in [-0.2, -0.15) is 0 Å². The first-order valence-corrected chi connectivity index (χ1v) is 42.7. The summed E-state index contributed by atoms with van der Waals surface area (Å²) >= 11 is 0. The van der Waals surface area contributed by atoms with Gasteiger partial charge in [0.15, 0.2) is 12.2 Å². The van der Waals surface area contributed by atoms with E-state index in [4.69, 9.17) is 37.0 Å². The van der Waals surface area contributed by atoms with Crippen LogP contribution in [0.25, 0.3) is 0 Å². The number of carbonyl (C=O) groups is 4. The number of unbranched alkanes of at least 4 members (excludes halogenated alkanes) is 38. The molecule has 0 spiro atoms. The predicted octanol–water partition coefficient (Wildman–Crippen LogP) is 22.2. The molecule has 0 aliphatic heterocycles. The van der Waals surface area contributed by atoms with E-state index in [1.54, 1.807) is 0 Å². The minimum Gasteiger partial charge on any atom is -0.462 e. The summed E-state index contributed by atoms with van der Waals surface area (Å²) in [6.07, 6.45) is 64.6. The van der Waals surface area contributed by atoms with Crippen molar-refractivity contribution >= 4 is 39.5 Å². The molecule has 1 rings (SSSR count). The van der Waals surface area contributed by atoms with Crippen molar-refractivity contribution in [2.45, 2.75) is 386 Å². The lowest BCUT2D eigenvalue weighted by molar-refractivity contribution is -0.161. The van der Waals surface area contributed by atoms with Crippen molar-refractivity contribution in [3.63, 3.8) is 0 Å². The van der Waals surface area contributed by atoms with Gasteiger partial charge in [0.05, 0.1) is 26.4 Å². The van der Waals surface area contributed by atoms with Crippen LogP contribution in [0, 0.1) is 11.8 Å². The van der Waals surface area contributed by atoms with E-state index in [1.807, 2.05) is 0 Å². The van der Waals surface area contributed by atoms with Crippen molar-refractivity contribution < 1.29 is 80.2 Å². The van der Waals surface area contributed by atoms with Crippen LogP contribution >= 0.6 is 15.6 Å². The Balaban J connectivity index is 2.72. The average Bonchev–Trinajstić information content (AvgIpc) is 1.72. The number of ether oxygens (including phenoxy) is 4. The second-order valence-corrected chi connectivity index (χ2v) is 30.5. The van der Waals surface area contributed by atoms with Crippen molar-refractivity contribution in [3.05, 3.63) is 36.5 Å². The van der Waals surface area contributed by atoms with Gasteiger partial charge in [0, 0.05) is 25.7 Å². The number of hydrogen-bond acceptors (Lipinski definition) is 15. The fourth-order valence-corrected chi connectivity index (χ4v) is 13.4. The molecule has 7 atom stereocenters. The molecule has 0 aromatic heterocycles. The number of hydrogen-bond donors (Lipinski definition) is 3. The average molecular weight is 1420 g/mol. The van der Waals surface area contributed by atoms with E-state index in [9.17, 15) is 43.2 Å². The van der Waals surface area contributed by atoms with E-state index >= 15 is 0 Å². The smallest absolute Gasteiger partial charge is 0.462 e. The summed E-state index contributed by atoms with van der Waals surface area (Å²) in [7, 11) is -9.93. The zero-order valence-electron chi connectivity index (χ0n) is 62.0. The van der Waals surface area contributed by atoms with Gasteiger partial charge in [0.2, 0.25) is 0 Å². The molecule has 3 N–H and O–H groups in total. The van der Waals surface area contributed by atoms with Gasteiger partial charge in [-0.1, -0.05) is 270 Å². The molecule has 0 aromatic rings. The first kappa shape index (κ1) is 92.3. The van der Waals surface area contributed by atoms with Gasteiger partial charge in [-0.3, -0.25) is 37.3 Å². The van der Waals surface area contributed by atoms with Crippen LogP contribution in [-0.2, 0) is 65.4 Å². The van der Waals surface area contributed by atoms with Gasteiger partial charge in [0.25, 0.3) is 0 Å². The number of carbonyl (C=O) groups excluding carboxylic acids is 4. The minimum atomic E-state index is -4.97. The quantitative estimate of drug-likeness (QED) is 0.0169. The van der Waals surface area contributed by atoms with Crippen LogP contribution in [-0.4, -0.2) is 96.7 Å². The van der Waals surface area contributed by atoms with E-state index in [2.05, 4.69) is 64.2 Å². The van der Waals surface area contributed by atoms with Crippen LogP contribution in [0.15, 0.2) is 36.5 Å². The molecule has 17 nitrogen and oxygen atoms in total. The van der Waals surface area contributed by atoms with E-state index in [0.717, 1.165) is 147 Å². The highest BCUT2D eigenvalue weighted by Gasteiger charge is 2.35. The fraction of sp³-hybridized carbons (Fsp3) is 0.872. The summed E-state index contributed by atoms with van der Waals surface area (Å²) in [5.41, 5.74) is 0. The van der Waals surface area contributed by atoms with Crippen LogP contribution in [0.5, 0.6) is 0 Å². The predicted molar refractivity (Wildman–Crippen MR) is 393 cm³/mol. The largest absolute Gasteiger partial charge is 0.472 e. The molecule has 0 radical (unpaired) electrons. The number of esters is 4. The van der Waals surface area contributed by atoms with Crippen molar-refractivity contribution in [3.8, 4) is 0 Å². The van der Waals surface area contributed by atoms with Crippen LogP contribution in [0.4, 0.5) is 0 Å². The van der Waals surface area contributed by atoms with Crippen molar-refractivity contribution in [2.24, 2.45) is 11.8 Å². The third-order valence-corrected chi connectivity index (χ3v) is 19.9. The molecule has 0 bridgehead atoms. The second-order valence-electron chi connectivity index (χ2n) is 27.6. The topological polar surface area (TPSA) is 237 Å². The Morgan fingerprint density at radius 3 is 0.866 bits per heavy atom. The van der Waals surface area contributed by atoms with Crippen molar-refractivity contribution in [2.75, 3.05) is 39.6 Å². The molecular formula is C78H144O17P2. The zero-order chi connectivity index (χ0) is 70.8. The lowest BCUT2D eigenvalue weighted by atomic mass is 10.0. The number of phosphoric ester groups is 2. The maximum absolute atomic E-state index is 13.1. The SMILES string of the molecule is CCCCCC/C=C\CCCCCCCC(=O)OCC(COP(=O)(O)OCC(O)COP(=O)(O)OCC(COC(=O)CCCCCCCC1CC1CCCCCCCC)OC(=O)CCCCCCC/C=C\CCCCCC)OC(=O)CCCCCCC/C=C\CCCCCCCC. The van der Waals surface area contributed by atoms with E-state index in [0.29, 0.717) is 25.7 Å². The molecule has 1 fully saturated rings. The Hall–Kier alpha value is -2.72. The normalized spacial score (nSPS) is 16.2. The molecule has 568 valence electrons. The molecule has 1 aliphatic rings. The number of aliphatic hydroxyl groups is 1. The third-order valence-electron chi connectivity index (χ3n) is 18.0. The molecule has 0 heterocycles. The van der Waals surface area contributed by atoms with Gasteiger partial charge < -0.3 is 33.8 Å². The number of aliphatic hydroxyl groups excluding tert-OH is 1. The molecule has 1 saturated carbocycles. The summed E-state index contributed by atoms with van der Waals surface area (Å²) < 4.78 is 68.6. The molecular weight excluding hydrogens is 1270 g/mol. The Morgan fingerprint density at radius 1 is 0.330 bits per heavy atom. The molecule has 0 amide bonds. The first-order valence-electron chi connectivity index (χ1n) is 39.7. The second kappa shape index (κ2) is 66.5. The lowest BCUT2D eigenvalue weighted by Gasteiger charge is -2.21. The van der Waals surface area contributed by atoms with Crippen LogP contribution < -0.4 is 0 Å². The molecule has 97 heavy (non-hydrogen) atoms. The standard InChI is InChI=1S/C78H144O17P2/c1-5-9-13-17-21-24-27-30-31-34-37-40-43-49-56-62-77(82)94-73(66-88-75(80)59-53-47-41-38-35-32-28-25-22-18-14-10-6-2)68-92-96(84,85)90-64-72(79)65-91-97(86,87)93-69-74(95-78(83)61-55-48-42-39-36-33-29-26-23-19-15-11-7-3)67-89-76(81)60-54-50-44-46-52-58-71-63-70(71)57-51-45-20-16-12-8-4/h25-26,28-31,70-74,79H,5-24,27,32-69H2,1-4H3,(H,84,85)(H,86,87)/b28-25-,29-26-,31-30-. The monoisotopic (exact) mass is 1410 g/mol. The molecule has 0 aromatic carbocycles. The Kier molecular flexibility index (Phi) is 63.3. The van der Waals surface area contributed by atoms with E-state index in [-0.39, 0.29) is 25.7 Å². The van der Waals surface area contributed by atoms with Gasteiger partial charge >= 0.3 is 39.5 Å². The van der Waals surface area contributed by atoms with E-state index in [1.165, 1.54) is 154 Å². The molecule has 1 aliphatic carbocycles. The number of phosphoric acid groups is 2. The highest BCUT2D eigenvalue weighted by atomic mass is 31.2. The van der Waals surface area contributed by atoms with Crippen LogP contribution in [0.3, 0.4) is 0 Å². The van der Waals surface area contributed by atoms with Gasteiger partial charge in [-0.15, -0.1) is 0 Å². The van der Waals surface area contributed by atoms with Gasteiger partial charge in [0.1, 0.15) is 19.3 Å². The van der Waals surface area contributed by atoms with Crippen molar-refractivity contribution in [1.82, 2.24) is 0 Å². The van der Waals surface area contributed by atoms with Crippen LogP contribution in [0.1, 0.15) is 368 Å². The van der Waals surface area contributed by atoms with Gasteiger partial charge in [-0.25, -0.2) is 9.13 Å². The lowest BCUT2D eigenvalue weighted by Crippen LogP contribution is -2.30. The molecule has 0 saturated heterocycles. The summed E-state index contributed by atoms with van der Waals surface area (Å²) in [5.74, 6) is -0.353. The maximum atomic E-state index is 13.1. The summed E-state index contributed by atoms with van der Waals surface area (Å²) in [5, 5.41) is 10.6. The minimum absolute atomic E-state index is 0.0900.